The van der Waals surface area contributed by atoms with Gasteiger partial charge in [0.05, 0.1) is 11.7 Å². The summed E-state index contributed by atoms with van der Waals surface area (Å²) in [6, 6.07) is 0. The quantitative estimate of drug-likeness (QED) is 0.556. The van der Waals surface area contributed by atoms with Gasteiger partial charge in [-0.05, 0) is 33.2 Å². The zero-order chi connectivity index (χ0) is 9.19. The van der Waals surface area contributed by atoms with Crippen LogP contribution in [0.4, 0.5) is 0 Å². The first kappa shape index (κ1) is 9.96. The number of rotatable bonds is 2. The van der Waals surface area contributed by atoms with Crippen LogP contribution in [-0.4, -0.2) is 35.0 Å². The molecule has 0 spiro atoms. The standard InChI is InChI=1S/C9H19NO2/c1-9(2,12)5-7-6-10-4-3-8(7)11/h7-8,10-12H,3-6H2,1-2H3. The maximum absolute atomic E-state index is 9.58. The minimum atomic E-state index is -0.662. The molecule has 0 saturated carbocycles. The van der Waals surface area contributed by atoms with Gasteiger partial charge < -0.3 is 15.5 Å². The highest BCUT2D eigenvalue weighted by Crippen LogP contribution is 2.22. The first-order valence-corrected chi connectivity index (χ1v) is 4.60. The average molecular weight is 173 g/mol. The first-order chi connectivity index (χ1) is 5.49. The lowest BCUT2D eigenvalue weighted by molar-refractivity contribution is 0.00237. The smallest absolute Gasteiger partial charge is 0.0595 e. The molecular formula is C9H19NO2. The molecule has 3 N–H and O–H groups in total. The van der Waals surface area contributed by atoms with E-state index >= 15 is 0 Å². The van der Waals surface area contributed by atoms with Crippen molar-refractivity contribution in [1.82, 2.24) is 5.32 Å². The summed E-state index contributed by atoms with van der Waals surface area (Å²) >= 11 is 0. The Hall–Kier alpha value is -0.120. The van der Waals surface area contributed by atoms with Crippen LogP contribution >= 0.6 is 0 Å². The second-order valence-electron chi connectivity index (χ2n) is 4.34. The monoisotopic (exact) mass is 173 g/mol. The summed E-state index contributed by atoms with van der Waals surface area (Å²) in [5.74, 6) is 0.207. The van der Waals surface area contributed by atoms with E-state index in [0.717, 1.165) is 19.5 Å². The summed E-state index contributed by atoms with van der Waals surface area (Å²) in [5.41, 5.74) is -0.662. The lowest BCUT2D eigenvalue weighted by atomic mass is 9.86. The number of piperidine rings is 1. The molecule has 0 aliphatic carbocycles. The van der Waals surface area contributed by atoms with E-state index in [2.05, 4.69) is 5.32 Å². The van der Waals surface area contributed by atoms with E-state index in [1.54, 1.807) is 13.8 Å². The second kappa shape index (κ2) is 3.73. The van der Waals surface area contributed by atoms with E-state index in [-0.39, 0.29) is 12.0 Å². The van der Waals surface area contributed by atoms with Gasteiger partial charge in [0.1, 0.15) is 0 Å². The van der Waals surface area contributed by atoms with Crippen LogP contribution in [0.1, 0.15) is 26.7 Å². The number of aliphatic hydroxyl groups is 2. The molecule has 3 heteroatoms. The van der Waals surface area contributed by atoms with Crippen molar-refractivity contribution >= 4 is 0 Å². The zero-order valence-electron chi connectivity index (χ0n) is 7.88. The van der Waals surface area contributed by atoms with Crippen molar-refractivity contribution in [2.75, 3.05) is 13.1 Å². The number of aliphatic hydroxyl groups excluding tert-OH is 1. The van der Waals surface area contributed by atoms with Crippen LogP contribution in [0.3, 0.4) is 0 Å². The van der Waals surface area contributed by atoms with E-state index in [1.165, 1.54) is 0 Å². The van der Waals surface area contributed by atoms with Gasteiger partial charge in [-0.15, -0.1) is 0 Å². The Morgan fingerprint density at radius 1 is 1.50 bits per heavy atom. The fourth-order valence-electron chi connectivity index (χ4n) is 1.76. The van der Waals surface area contributed by atoms with E-state index in [4.69, 9.17) is 0 Å². The average Bonchev–Trinajstić information content (AvgIpc) is 1.91. The highest BCUT2D eigenvalue weighted by molar-refractivity contribution is 4.82. The first-order valence-electron chi connectivity index (χ1n) is 4.60. The van der Waals surface area contributed by atoms with Crippen LogP contribution in [0.5, 0.6) is 0 Å². The van der Waals surface area contributed by atoms with Crippen molar-refractivity contribution in [3.63, 3.8) is 0 Å². The molecule has 0 aromatic heterocycles. The topological polar surface area (TPSA) is 52.5 Å². The zero-order valence-corrected chi connectivity index (χ0v) is 7.88. The predicted octanol–water partition coefficient (Wildman–Crippen LogP) is 0.118. The van der Waals surface area contributed by atoms with Gasteiger partial charge in [0.15, 0.2) is 0 Å². The van der Waals surface area contributed by atoms with Gasteiger partial charge in [0.25, 0.3) is 0 Å². The Morgan fingerprint density at radius 2 is 2.17 bits per heavy atom. The molecule has 0 aromatic rings. The summed E-state index contributed by atoms with van der Waals surface area (Å²) in [6.07, 6.45) is 1.24. The number of hydrogen-bond acceptors (Lipinski definition) is 3. The van der Waals surface area contributed by atoms with Gasteiger partial charge in [0.2, 0.25) is 0 Å². The third-order valence-electron chi connectivity index (χ3n) is 2.33. The van der Waals surface area contributed by atoms with Crippen LogP contribution in [0.2, 0.25) is 0 Å². The van der Waals surface area contributed by atoms with Gasteiger partial charge in [0, 0.05) is 12.5 Å². The van der Waals surface area contributed by atoms with Gasteiger partial charge >= 0.3 is 0 Å². The molecule has 1 aliphatic heterocycles. The third-order valence-corrected chi connectivity index (χ3v) is 2.33. The molecule has 1 heterocycles. The van der Waals surface area contributed by atoms with Crippen LogP contribution in [0.15, 0.2) is 0 Å². The Morgan fingerprint density at radius 3 is 2.67 bits per heavy atom. The summed E-state index contributed by atoms with van der Waals surface area (Å²) in [7, 11) is 0. The molecule has 0 amide bonds. The highest BCUT2D eigenvalue weighted by Gasteiger charge is 2.28. The van der Waals surface area contributed by atoms with Crippen molar-refractivity contribution in [3.05, 3.63) is 0 Å². The van der Waals surface area contributed by atoms with Gasteiger partial charge in [-0.3, -0.25) is 0 Å². The second-order valence-corrected chi connectivity index (χ2v) is 4.34. The Kier molecular flexibility index (Phi) is 3.09. The predicted molar refractivity (Wildman–Crippen MR) is 47.9 cm³/mol. The molecule has 72 valence electrons. The van der Waals surface area contributed by atoms with Crippen molar-refractivity contribution in [3.8, 4) is 0 Å². The Bertz CT molecular complexity index is 142. The van der Waals surface area contributed by atoms with Crippen molar-refractivity contribution in [1.29, 1.82) is 0 Å². The fourth-order valence-corrected chi connectivity index (χ4v) is 1.76. The van der Waals surface area contributed by atoms with E-state index in [1.807, 2.05) is 0 Å². The molecule has 3 nitrogen and oxygen atoms in total. The number of hydrogen-bond donors (Lipinski definition) is 3. The lowest BCUT2D eigenvalue weighted by Gasteiger charge is -2.32. The highest BCUT2D eigenvalue weighted by atomic mass is 16.3. The molecule has 1 saturated heterocycles. The van der Waals surface area contributed by atoms with Gasteiger partial charge in [-0.25, -0.2) is 0 Å². The van der Waals surface area contributed by atoms with Crippen LogP contribution in [0, 0.1) is 5.92 Å². The summed E-state index contributed by atoms with van der Waals surface area (Å²) in [5, 5.41) is 22.3. The van der Waals surface area contributed by atoms with E-state index in [0.29, 0.717) is 6.42 Å². The molecule has 0 radical (unpaired) electrons. The molecule has 2 unspecified atom stereocenters. The largest absolute Gasteiger partial charge is 0.393 e. The minimum absolute atomic E-state index is 0.207. The van der Waals surface area contributed by atoms with Gasteiger partial charge in [-0.1, -0.05) is 0 Å². The maximum atomic E-state index is 9.58. The molecule has 2 atom stereocenters. The molecule has 1 aliphatic rings. The molecule has 12 heavy (non-hydrogen) atoms. The molecular weight excluding hydrogens is 154 g/mol. The van der Waals surface area contributed by atoms with Crippen molar-refractivity contribution in [2.45, 2.75) is 38.4 Å². The third kappa shape index (κ3) is 3.09. The Labute approximate surface area is 73.8 Å². The van der Waals surface area contributed by atoms with Crippen molar-refractivity contribution < 1.29 is 10.2 Å². The van der Waals surface area contributed by atoms with Crippen LogP contribution in [-0.2, 0) is 0 Å². The number of nitrogens with one attached hydrogen (secondary N) is 1. The van der Waals surface area contributed by atoms with Crippen LogP contribution < -0.4 is 5.32 Å². The lowest BCUT2D eigenvalue weighted by Crippen LogP contribution is -2.43. The maximum Gasteiger partial charge on any atom is 0.0595 e. The summed E-state index contributed by atoms with van der Waals surface area (Å²) in [4.78, 5) is 0. The SMILES string of the molecule is CC(C)(O)CC1CNCCC1O. The normalized spacial score (nSPS) is 32.0. The van der Waals surface area contributed by atoms with Crippen LogP contribution in [0.25, 0.3) is 0 Å². The van der Waals surface area contributed by atoms with E-state index < -0.39 is 5.60 Å². The molecule has 0 bridgehead atoms. The Balaban J connectivity index is 2.39. The van der Waals surface area contributed by atoms with E-state index in [9.17, 15) is 10.2 Å². The van der Waals surface area contributed by atoms with Crippen molar-refractivity contribution in [2.24, 2.45) is 5.92 Å². The summed E-state index contributed by atoms with van der Waals surface area (Å²) in [6.45, 7) is 5.29. The summed E-state index contributed by atoms with van der Waals surface area (Å²) < 4.78 is 0. The van der Waals surface area contributed by atoms with Gasteiger partial charge in [-0.2, -0.15) is 0 Å². The fraction of sp³-hybridized carbons (Fsp3) is 1.00. The minimum Gasteiger partial charge on any atom is -0.393 e. The molecule has 0 aromatic carbocycles. The molecule has 1 fully saturated rings. The molecule has 1 rings (SSSR count).